The van der Waals surface area contributed by atoms with E-state index in [1.807, 2.05) is 0 Å². The zero-order valence-corrected chi connectivity index (χ0v) is 41.4. The third-order valence-corrected chi connectivity index (χ3v) is 13.4. The number of hydrogen-bond donors (Lipinski definition) is 6. The van der Waals surface area contributed by atoms with Crippen LogP contribution < -0.4 is 5.32 Å². The molecule has 0 bridgehead atoms. The largest absolute Gasteiger partial charge is 0.394 e. The number of nitrogens with one attached hydrogen (secondary N) is 1. The number of amides is 1. The van der Waals surface area contributed by atoms with Gasteiger partial charge >= 0.3 is 0 Å². The molecular formula is C54H105NO8. The predicted octanol–water partition coefficient (Wildman–Crippen LogP) is 12.8. The molecule has 0 aromatic rings. The van der Waals surface area contributed by atoms with Crippen molar-refractivity contribution in [1.82, 2.24) is 5.32 Å². The Labute approximate surface area is 388 Å². The Bertz CT molecular complexity index is 997. The van der Waals surface area contributed by atoms with Crippen LogP contribution in [0.5, 0.6) is 0 Å². The number of carbonyl (C=O) groups excluding carboxylic acids is 1. The summed E-state index contributed by atoms with van der Waals surface area (Å²) in [6.07, 6.45) is 46.8. The average molecular weight is 896 g/mol. The molecule has 63 heavy (non-hydrogen) atoms. The number of aliphatic hydroxyl groups is 5. The zero-order valence-electron chi connectivity index (χ0n) is 41.4. The summed E-state index contributed by atoms with van der Waals surface area (Å²) in [6, 6.07) is -0.720. The number of hydrogen-bond acceptors (Lipinski definition) is 8. The summed E-state index contributed by atoms with van der Waals surface area (Å²) in [5.41, 5.74) is 0. The molecule has 374 valence electrons. The van der Waals surface area contributed by atoms with Gasteiger partial charge in [0.2, 0.25) is 5.91 Å². The molecule has 7 unspecified atom stereocenters. The second-order valence-corrected chi connectivity index (χ2v) is 19.4. The quantitative estimate of drug-likeness (QED) is 0.0261. The highest BCUT2D eigenvalue weighted by molar-refractivity contribution is 5.76. The molecule has 0 radical (unpaired) electrons. The van der Waals surface area contributed by atoms with Gasteiger partial charge in [-0.05, 0) is 38.5 Å². The van der Waals surface area contributed by atoms with Crippen molar-refractivity contribution in [3.8, 4) is 0 Å². The Morgan fingerprint density at radius 3 is 1.32 bits per heavy atom. The van der Waals surface area contributed by atoms with Gasteiger partial charge in [0.1, 0.15) is 24.4 Å². The van der Waals surface area contributed by atoms with Gasteiger partial charge in [0.15, 0.2) is 6.29 Å². The predicted molar refractivity (Wildman–Crippen MR) is 263 cm³/mol. The molecule has 1 fully saturated rings. The van der Waals surface area contributed by atoms with Crippen molar-refractivity contribution in [3.05, 3.63) is 12.2 Å². The van der Waals surface area contributed by atoms with Crippen LogP contribution in [0.1, 0.15) is 271 Å². The smallest absolute Gasteiger partial charge is 0.220 e. The molecule has 9 nitrogen and oxygen atoms in total. The summed E-state index contributed by atoms with van der Waals surface area (Å²) in [6.45, 7) is 3.83. The second-order valence-electron chi connectivity index (χ2n) is 19.4. The van der Waals surface area contributed by atoms with Gasteiger partial charge in [0.05, 0.1) is 25.4 Å². The Morgan fingerprint density at radius 1 is 0.524 bits per heavy atom. The Morgan fingerprint density at radius 2 is 0.889 bits per heavy atom. The molecule has 9 heteroatoms. The first-order valence-electron chi connectivity index (χ1n) is 27.4. The van der Waals surface area contributed by atoms with Crippen LogP contribution in [0.15, 0.2) is 12.2 Å². The molecule has 1 rings (SSSR count). The minimum Gasteiger partial charge on any atom is -0.394 e. The lowest BCUT2D eigenvalue weighted by Gasteiger charge is -2.40. The maximum atomic E-state index is 13.0. The SMILES string of the molecule is CCCCC/C=C\CCCCCCCC(=O)NC(COC1OC(CO)C(O)C(O)C1O)C(O)CCCCCCCCCCCCCCCCCCCCCCCCCCCCCC. The molecular weight excluding hydrogens is 791 g/mol. The summed E-state index contributed by atoms with van der Waals surface area (Å²) in [4.78, 5) is 13.0. The summed E-state index contributed by atoms with van der Waals surface area (Å²) in [7, 11) is 0. The van der Waals surface area contributed by atoms with Gasteiger partial charge in [-0.1, -0.05) is 238 Å². The second kappa shape index (κ2) is 44.7. The Balaban J connectivity index is 2.15. The number of allylic oxidation sites excluding steroid dienone is 2. The lowest BCUT2D eigenvalue weighted by molar-refractivity contribution is -0.302. The fourth-order valence-corrected chi connectivity index (χ4v) is 8.98. The molecule has 0 saturated carbocycles. The van der Waals surface area contributed by atoms with E-state index in [2.05, 4.69) is 31.3 Å². The molecule has 1 amide bonds. The Kier molecular flexibility index (Phi) is 42.6. The van der Waals surface area contributed by atoms with Crippen molar-refractivity contribution < 1.29 is 39.8 Å². The van der Waals surface area contributed by atoms with Crippen molar-refractivity contribution in [2.45, 2.75) is 314 Å². The molecule has 7 atom stereocenters. The summed E-state index contributed by atoms with van der Waals surface area (Å²) >= 11 is 0. The minimum absolute atomic E-state index is 0.138. The van der Waals surface area contributed by atoms with Crippen LogP contribution in [0, 0.1) is 0 Å². The van der Waals surface area contributed by atoms with E-state index in [9.17, 15) is 30.3 Å². The van der Waals surface area contributed by atoms with Gasteiger partial charge < -0.3 is 40.3 Å². The van der Waals surface area contributed by atoms with Crippen LogP contribution in [-0.2, 0) is 14.3 Å². The van der Waals surface area contributed by atoms with E-state index >= 15 is 0 Å². The zero-order chi connectivity index (χ0) is 45.9. The van der Waals surface area contributed by atoms with E-state index in [0.29, 0.717) is 12.8 Å². The highest BCUT2D eigenvalue weighted by atomic mass is 16.7. The van der Waals surface area contributed by atoms with Gasteiger partial charge in [0, 0.05) is 6.42 Å². The molecule has 1 aliphatic heterocycles. The van der Waals surface area contributed by atoms with Gasteiger partial charge in [-0.15, -0.1) is 0 Å². The molecule has 0 aromatic carbocycles. The lowest BCUT2D eigenvalue weighted by atomic mass is 9.99. The topological polar surface area (TPSA) is 149 Å². The normalized spacial score (nSPS) is 20.1. The van der Waals surface area contributed by atoms with Crippen molar-refractivity contribution in [2.24, 2.45) is 0 Å². The highest BCUT2D eigenvalue weighted by Gasteiger charge is 2.44. The first kappa shape index (κ1) is 59.9. The molecule has 0 aliphatic carbocycles. The van der Waals surface area contributed by atoms with Crippen LogP contribution >= 0.6 is 0 Å². The van der Waals surface area contributed by atoms with E-state index < -0.39 is 49.5 Å². The lowest BCUT2D eigenvalue weighted by Crippen LogP contribution is -2.60. The third-order valence-electron chi connectivity index (χ3n) is 13.4. The Hall–Kier alpha value is -1.07. The van der Waals surface area contributed by atoms with Crippen molar-refractivity contribution in [1.29, 1.82) is 0 Å². The van der Waals surface area contributed by atoms with E-state index in [-0.39, 0.29) is 12.5 Å². The van der Waals surface area contributed by atoms with Crippen LogP contribution in [0.4, 0.5) is 0 Å². The fraction of sp³-hybridized carbons (Fsp3) is 0.944. The summed E-state index contributed by atoms with van der Waals surface area (Å²) in [5.74, 6) is -0.151. The molecule has 1 aliphatic rings. The van der Waals surface area contributed by atoms with E-state index in [4.69, 9.17) is 9.47 Å². The molecule has 1 saturated heterocycles. The number of aliphatic hydroxyl groups excluding tert-OH is 5. The standard InChI is InChI=1S/C54H105NO8/c1-3-5-7-9-11-13-15-17-18-19-20-21-22-23-24-25-26-27-28-29-30-31-32-33-35-37-39-41-43-48(57)47(46-62-54-53(61)52(60)51(59)49(45-56)63-54)55-50(58)44-42-40-38-36-34-16-14-12-10-8-6-4-2/h12,14,47-49,51-54,56-57,59-61H,3-11,13,15-46H2,1-2H3,(H,55,58)/b14-12-. The maximum absolute atomic E-state index is 13.0. The summed E-state index contributed by atoms with van der Waals surface area (Å²) in [5, 5.41) is 54.5. The van der Waals surface area contributed by atoms with Gasteiger partial charge in [-0.25, -0.2) is 0 Å². The first-order chi connectivity index (χ1) is 30.8. The summed E-state index contributed by atoms with van der Waals surface area (Å²) < 4.78 is 11.3. The van der Waals surface area contributed by atoms with Crippen molar-refractivity contribution in [2.75, 3.05) is 13.2 Å². The number of unbranched alkanes of at least 4 members (excludes halogenated alkanes) is 35. The monoisotopic (exact) mass is 896 g/mol. The van der Waals surface area contributed by atoms with E-state index in [1.165, 1.54) is 193 Å². The highest BCUT2D eigenvalue weighted by Crippen LogP contribution is 2.23. The van der Waals surface area contributed by atoms with Gasteiger partial charge in [-0.2, -0.15) is 0 Å². The molecule has 0 aromatic heterocycles. The van der Waals surface area contributed by atoms with Crippen LogP contribution in [-0.4, -0.2) is 87.5 Å². The minimum atomic E-state index is -1.55. The third kappa shape index (κ3) is 34.8. The van der Waals surface area contributed by atoms with Crippen molar-refractivity contribution in [3.63, 3.8) is 0 Å². The number of ether oxygens (including phenoxy) is 2. The molecule has 6 N–H and O–H groups in total. The van der Waals surface area contributed by atoms with E-state index in [0.717, 1.165) is 51.4 Å². The van der Waals surface area contributed by atoms with Crippen LogP contribution in [0.3, 0.4) is 0 Å². The van der Waals surface area contributed by atoms with E-state index in [1.54, 1.807) is 0 Å². The number of carbonyl (C=O) groups is 1. The molecule has 1 heterocycles. The number of rotatable bonds is 47. The van der Waals surface area contributed by atoms with Crippen molar-refractivity contribution >= 4 is 5.91 Å². The first-order valence-corrected chi connectivity index (χ1v) is 27.4. The van der Waals surface area contributed by atoms with Crippen LogP contribution in [0.25, 0.3) is 0 Å². The maximum Gasteiger partial charge on any atom is 0.220 e. The molecule has 0 spiro atoms. The van der Waals surface area contributed by atoms with Gasteiger partial charge in [-0.3, -0.25) is 4.79 Å². The average Bonchev–Trinajstić information content (AvgIpc) is 3.28. The fourth-order valence-electron chi connectivity index (χ4n) is 8.98. The van der Waals surface area contributed by atoms with Gasteiger partial charge in [0.25, 0.3) is 0 Å². The van der Waals surface area contributed by atoms with Crippen LogP contribution in [0.2, 0.25) is 0 Å².